The minimum Gasteiger partial charge on any atom is -0.497 e. The van der Waals surface area contributed by atoms with Crippen molar-refractivity contribution in [2.24, 2.45) is 0 Å². The van der Waals surface area contributed by atoms with Crippen molar-refractivity contribution in [2.75, 3.05) is 20.2 Å². The Labute approximate surface area is 76.6 Å². The number of ether oxygens (including phenoxy) is 1. The maximum Gasteiger partial charge on any atom is 0.131 e. The van der Waals surface area contributed by atoms with E-state index < -0.39 is 5.60 Å². The summed E-state index contributed by atoms with van der Waals surface area (Å²) in [7, 11) is 1.60. The van der Waals surface area contributed by atoms with Crippen molar-refractivity contribution in [1.29, 1.82) is 0 Å². The molecule has 70 valence electrons. The summed E-state index contributed by atoms with van der Waals surface area (Å²) in [6.45, 7) is 1.13. The molecule has 13 heavy (non-hydrogen) atoms. The van der Waals surface area contributed by atoms with Gasteiger partial charge in [-0.1, -0.05) is 0 Å². The molecule has 1 saturated heterocycles. The Kier molecular flexibility index (Phi) is 1.94. The predicted octanol–water partition coefficient (Wildman–Crippen LogP) is -0.119. The Morgan fingerprint density at radius 1 is 1.62 bits per heavy atom. The summed E-state index contributed by atoms with van der Waals surface area (Å²) in [4.78, 5) is 4.11. The summed E-state index contributed by atoms with van der Waals surface area (Å²) in [5.41, 5.74) is -0.125. The highest BCUT2D eigenvalue weighted by Gasteiger charge is 2.37. The van der Waals surface area contributed by atoms with E-state index in [9.17, 15) is 5.11 Å². The summed E-state index contributed by atoms with van der Waals surface area (Å²) in [6.07, 6.45) is 1.64. The van der Waals surface area contributed by atoms with Crippen molar-refractivity contribution < 1.29 is 9.84 Å². The third-order valence-electron chi connectivity index (χ3n) is 2.28. The third-order valence-corrected chi connectivity index (χ3v) is 2.28. The van der Waals surface area contributed by atoms with E-state index in [-0.39, 0.29) is 0 Å². The smallest absolute Gasteiger partial charge is 0.131 e. The van der Waals surface area contributed by atoms with Gasteiger partial charge in [0.2, 0.25) is 0 Å². The lowest BCUT2D eigenvalue weighted by molar-refractivity contribution is -0.0187. The molecule has 4 nitrogen and oxygen atoms in total. The molecule has 0 radical (unpaired) electrons. The molecule has 0 atom stereocenters. The highest BCUT2D eigenvalue weighted by atomic mass is 16.5. The van der Waals surface area contributed by atoms with Crippen molar-refractivity contribution in [1.82, 2.24) is 10.3 Å². The molecule has 0 amide bonds. The maximum atomic E-state index is 9.92. The molecule has 0 saturated carbocycles. The van der Waals surface area contributed by atoms with E-state index in [1.807, 2.05) is 0 Å². The molecule has 1 fully saturated rings. The van der Waals surface area contributed by atoms with Crippen molar-refractivity contribution >= 4 is 0 Å². The van der Waals surface area contributed by atoms with Gasteiger partial charge in [-0.05, 0) is 6.07 Å². The number of nitrogens with one attached hydrogen (secondary N) is 1. The van der Waals surface area contributed by atoms with Crippen LogP contribution in [-0.2, 0) is 5.60 Å². The second kappa shape index (κ2) is 2.97. The fourth-order valence-corrected chi connectivity index (χ4v) is 1.34. The van der Waals surface area contributed by atoms with Crippen molar-refractivity contribution in [2.45, 2.75) is 5.60 Å². The average molecular weight is 180 g/mol. The number of β-amino-alcohol motifs (C(OH)–C–C–N with tert-alkyl or cyclic N) is 1. The quantitative estimate of drug-likeness (QED) is 0.666. The number of aliphatic hydroxyl groups is 1. The molecule has 0 aromatic carbocycles. The monoisotopic (exact) mass is 180 g/mol. The van der Waals surface area contributed by atoms with Gasteiger partial charge in [0.15, 0.2) is 0 Å². The number of hydrogen-bond acceptors (Lipinski definition) is 4. The molecular weight excluding hydrogens is 168 g/mol. The Balaban J connectivity index is 2.29. The SMILES string of the molecule is COc1ccnc(C2(O)CNC2)c1. The molecule has 1 aromatic rings. The van der Waals surface area contributed by atoms with Crippen LogP contribution in [0.1, 0.15) is 5.69 Å². The summed E-state index contributed by atoms with van der Waals surface area (Å²) < 4.78 is 5.05. The van der Waals surface area contributed by atoms with Crippen LogP contribution in [0.25, 0.3) is 0 Å². The molecule has 2 heterocycles. The van der Waals surface area contributed by atoms with Gasteiger partial charge in [-0.2, -0.15) is 0 Å². The molecule has 1 aliphatic heterocycles. The second-order valence-corrected chi connectivity index (χ2v) is 3.22. The first-order valence-electron chi connectivity index (χ1n) is 4.18. The Bertz CT molecular complexity index is 310. The zero-order valence-electron chi connectivity index (χ0n) is 7.45. The summed E-state index contributed by atoms with van der Waals surface area (Å²) in [5.74, 6) is 0.727. The maximum absolute atomic E-state index is 9.92. The lowest BCUT2D eigenvalue weighted by Crippen LogP contribution is -2.57. The molecule has 0 aliphatic carbocycles. The van der Waals surface area contributed by atoms with E-state index in [1.54, 1.807) is 25.4 Å². The number of rotatable bonds is 2. The summed E-state index contributed by atoms with van der Waals surface area (Å²) >= 11 is 0. The van der Waals surface area contributed by atoms with E-state index in [1.165, 1.54) is 0 Å². The minimum atomic E-state index is -0.797. The van der Waals surface area contributed by atoms with E-state index in [2.05, 4.69) is 10.3 Å². The molecule has 1 aromatic heterocycles. The van der Waals surface area contributed by atoms with Crippen LogP contribution in [0.3, 0.4) is 0 Å². The van der Waals surface area contributed by atoms with Crippen LogP contribution in [0.2, 0.25) is 0 Å². The number of aromatic nitrogens is 1. The first kappa shape index (κ1) is 8.47. The van der Waals surface area contributed by atoms with Gasteiger partial charge in [-0.3, -0.25) is 4.98 Å². The lowest BCUT2D eigenvalue weighted by Gasteiger charge is -2.36. The van der Waals surface area contributed by atoms with Crippen LogP contribution in [0, 0.1) is 0 Å². The lowest BCUT2D eigenvalue weighted by atomic mass is 9.92. The number of pyridine rings is 1. The van der Waals surface area contributed by atoms with Crippen LogP contribution in [0.15, 0.2) is 18.3 Å². The number of hydrogen-bond donors (Lipinski definition) is 2. The molecule has 2 N–H and O–H groups in total. The fourth-order valence-electron chi connectivity index (χ4n) is 1.34. The Morgan fingerprint density at radius 3 is 2.92 bits per heavy atom. The zero-order chi connectivity index (χ0) is 9.31. The zero-order valence-corrected chi connectivity index (χ0v) is 7.45. The van der Waals surface area contributed by atoms with Crippen molar-refractivity contribution in [3.8, 4) is 5.75 Å². The van der Waals surface area contributed by atoms with Gasteiger partial charge in [0, 0.05) is 25.4 Å². The van der Waals surface area contributed by atoms with Crippen molar-refractivity contribution in [3.63, 3.8) is 0 Å². The standard InChI is InChI=1S/C9H12N2O2/c1-13-7-2-3-11-8(4-7)9(12)5-10-6-9/h2-4,10,12H,5-6H2,1H3. The second-order valence-electron chi connectivity index (χ2n) is 3.22. The van der Waals surface area contributed by atoms with Gasteiger partial charge >= 0.3 is 0 Å². The van der Waals surface area contributed by atoms with Gasteiger partial charge in [0.1, 0.15) is 11.4 Å². The van der Waals surface area contributed by atoms with Crippen LogP contribution in [0.5, 0.6) is 5.75 Å². The van der Waals surface area contributed by atoms with Gasteiger partial charge in [0.25, 0.3) is 0 Å². The van der Waals surface area contributed by atoms with Crippen LogP contribution in [0.4, 0.5) is 0 Å². The van der Waals surface area contributed by atoms with Crippen LogP contribution >= 0.6 is 0 Å². The topological polar surface area (TPSA) is 54.4 Å². The van der Waals surface area contributed by atoms with Gasteiger partial charge in [0.05, 0.1) is 12.8 Å². The molecule has 1 aliphatic rings. The normalized spacial score (nSPS) is 19.2. The minimum absolute atomic E-state index is 0.563. The van der Waals surface area contributed by atoms with Crippen LogP contribution < -0.4 is 10.1 Å². The Hall–Kier alpha value is -1.13. The van der Waals surface area contributed by atoms with Gasteiger partial charge in [-0.25, -0.2) is 0 Å². The van der Waals surface area contributed by atoms with Crippen LogP contribution in [-0.4, -0.2) is 30.3 Å². The van der Waals surface area contributed by atoms with E-state index in [4.69, 9.17) is 4.74 Å². The Morgan fingerprint density at radius 2 is 2.38 bits per heavy atom. The van der Waals surface area contributed by atoms with E-state index in [0.717, 1.165) is 5.75 Å². The van der Waals surface area contributed by atoms with Crippen molar-refractivity contribution in [3.05, 3.63) is 24.0 Å². The summed E-state index contributed by atoms with van der Waals surface area (Å²) in [6, 6.07) is 3.53. The molecule has 0 spiro atoms. The molecule has 4 heteroatoms. The number of methoxy groups -OCH3 is 1. The van der Waals surface area contributed by atoms with Gasteiger partial charge in [-0.15, -0.1) is 0 Å². The van der Waals surface area contributed by atoms with Gasteiger partial charge < -0.3 is 15.2 Å². The largest absolute Gasteiger partial charge is 0.497 e. The third kappa shape index (κ3) is 1.38. The average Bonchev–Trinajstić information content (AvgIpc) is 2.14. The molecular formula is C9H12N2O2. The summed E-state index contributed by atoms with van der Waals surface area (Å²) in [5, 5.41) is 12.9. The first-order chi connectivity index (χ1) is 6.24. The van der Waals surface area contributed by atoms with E-state index in [0.29, 0.717) is 18.8 Å². The van der Waals surface area contributed by atoms with E-state index >= 15 is 0 Å². The molecule has 2 rings (SSSR count). The highest BCUT2D eigenvalue weighted by molar-refractivity contribution is 5.28. The number of nitrogens with zero attached hydrogens (tertiary/aromatic N) is 1. The highest BCUT2D eigenvalue weighted by Crippen LogP contribution is 2.25. The molecule has 0 unspecified atom stereocenters. The fraction of sp³-hybridized carbons (Fsp3) is 0.444. The first-order valence-corrected chi connectivity index (χ1v) is 4.18. The molecule has 0 bridgehead atoms. The predicted molar refractivity (Wildman–Crippen MR) is 47.6 cm³/mol.